The van der Waals surface area contributed by atoms with E-state index < -0.39 is 0 Å². The summed E-state index contributed by atoms with van der Waals surface area (Å²) in [6.07, 6.45) is 0. The molecular weight excluding hydrogens is 418 g/mol. The largest absolute Gasteiger partial charge is 0.456 e. The summed E-state index contributed by atoms with van der Waals surface area (Å²) in [5.74, 6) is 2.00. The Morgan fingerprint density at radius 3 is 2.21 bits per heavy atom. The quantitative estimate of drug-likeness (QED) is 0.260. The molecule has 34 heavy (non-hydrogen) atoms. The van der Waals surface area contributed by atoms with Gasteiger partial charge in [-0.3, -0.25) is 0 Å². The lowest BCUT2D eigenvalue weighted by molar-refractivity contribution is 0.669. The highest BCUT2D eigenvalue weighted by Gasteiger charge is 2.14. The molecule has 0 spiro atoms. The van der Waals surface area contributed by atoms with Gasteiger partial charge in [0.05, 0.1) is 0 Å². The summed E-state index contributed by atoms with van der Waals surface area (Å²) in [4.78, 5) is 14.3. The highest BCUT2D eigenvalue weighted by molar-refractivity contribution is 6.11. The number of para-hydroxylation sites is 1. The fourth-order valence-electron chi connectivity index (χ4n) is 4.83. The number of fused-ring (bicyclic) bond motifs is 6. The van der Waals surface area contributed by atoms with E-state index in [2.05, 4.69) is 77.8 Å². The lowest BCUT2D eigenvalue weighted by Crippen LogP contribution is -2.00. The molecule has 0 N–H and O–H groups in total. The zero-order valence-corrected chi connectivity index (χ0v) is 18.5. The van der Waals surface area contributed by atoms with Crippen LogP contribution in [0.1, 0.15) is 5.82 Å². The van der Waals surface area contributed by atoms with E-state index in [1.807, 2.05) is 31.2 Å². The molecule has 4 nitrogen and oxygen atoms in total. The summed E-state index contributed by atoms with van der Waals surface area (Å²) in [6.45, 7) is 1.91. The molecule has 0 aliphatic rings. The number of aromatic nitrogens is 3. The van der Waals surface area contributed by atoms with Crippen molar-refractivity contribution in [2.24, 2.45) is 0 Å². The number of nitrogens with zero attached hydrogens (tertiary/aromatic N) is 3. The molecule has 0 saturated carbocycles. The molecule has 0 radical (unpaired) electrons. The van der Waals surface area contributed by atoms with Crippen molar-refractivity contribution in [3.63, 3.8) is 0 Å². The predicted octanol–water partition coefficient (Wildman–Crippen LogP) is 7.72. The van der Waals surface area contributed by atoms with Crippen LogP contribution in [0.4, 0.5) is 0 Å². The van der Waals surface area contributed by atoms with Gasteiger partial charge in [-0.05, 0) is 46.7 Å². The van der Waals surface area contributed by atoms with Crippen LogP contribution in [-0.4, -0.2) is 15.0 Å². The molecule has 0 amide bonds. The van der Waals surface area contributed by atoms with E-state index in [0.29, 0.717) is 17.5 Å². The van der Waals surface area contributed by atoms with Crippen LogP contribution in [0.3, 0.4) is 0 Å². The Morgan fingerprint density at radius 1 is 0.529 bits per heavy atom. The van der Waals surface area contributed by atoms with Gasteiger partial charge < -0.3 is 4.42 Å². The molecule has 7 aromatic rings. The van der Waals surface area contributed by atoms with Crippen molar-refractivity contribution in [2.45, 2.75) is 6.92 Å². The lowest BCUT2D eigenvalue weighted by atomic mass is 9.98. The van der Waals surface area contributed by atoms with Crippen molar-refractivity contribution in [1.82, 2.24) is 15.0 Å². The molecule has 0 unspecified atom stereocenters. The van der Waals surface area contributed by atoms with Crippen LogP contribution < -0.4 is 0 Å². The molecule has 0 aliphatic carbocycles. The van der Waals surface area contributed by atoms with E-state index in [0.717, 1.165) is 38.5 Å². The second-order valence-electron chi connectivity index (χ2n) is 8.53. The van der Waals surface area contributed by atoms with Gasteiger partial charge in [0.2, 0.25) is 0 Å². The normalized spacial score (nSPS) is 11.7. The first-order valence-electron chi connectivity index (χ1n) is 11.3. The molecule has 0 bridgehead atoms. The Hall–Kier alpha value is -4.57. The van der Waals surface area contributed by atoms with Gasteiger partial charge in [-0.1, -0.05) is 78.9 Å². The molecular formula is C30H19N3O. The van der Waals surface area contributed by atoms with E-state index in [1.165, 1.54) is 16.2 Å². The van der Waals surface area contributed by atoms with E-state index >= 15 is 0 Å². The standard InChI is InChI=1S/C30H19N3O/c1-18-31-29(20-14-16-25-24-9-4-5-12-27(24)34-28(25)17-20)33-30(32-18)26-11-6-10-22-21-8-3-2-7-19(21)13-15-23(22)26/h2-17H,1H3. The zero-order chi connectivity index (χ0) is 22.6. The van der Waals surface area contributed by atoms with Crippen molar-refractivity contribution in [3.05, 3.63) is 103 Å². The summed E-state index contributed by atoms with van der Waals surface area (Å²) >= 11 is 0. The van der Waals surface area contributed by atoms with Gasteiger partial charge in [0.25, 0.3) is 0 Å². The first-order chi connectivity index (χ1) is 16.7. The van der Waals surface area contributed by atoms with Crippen LogP contribution in [0, 0.1) is 6.92 Å². The third-order valence-electron chi connectivity index (χ3n) is 6.41. The summed E-state index contributed by atoms with van der Waals surface area (Å²) in [7, 11) is 0. The van der Waals surface area contributed by atoms with E-state index in [1.54, 1.807) is 0 Å². The molecule has 2 heterocycles. The van der Waals surface area contributed by atoms with E-state index in [9.17, 15) is 0 Å². The van der Waals surface area contributed by atoms with Crippen molar-refractivity contribution in [3.8, 4) is 22.8 Å². The second kappa shape index (κ2) is 7.22. The lowest BCUT2D eigenvalue weighted by Gasteiger charge is -2.10. The second-order valence-corrected chi connectivity index (χ2v) is 8.53. The number of rotatable bonds is 2. The van der Waals surface area contributed by atoms with Gasteiger partial charge in [-0.25, -0.2) is 15.0 Å². The first-order valence-corrected chi connectivity index (χ1v) is 11.3. The van der Waals surface area contributed by atoms with Crippen molar-refractivity contribution in [2.75, 3.05) is 0 Å². The molecule has 4 heteroatoms. The highest BCUT2D eigenvalue weighted by atomic mass is 16.3. The zero-order valence-electron chi connectivity index (χ0n) is 18.5. The fourth-order valence-corrected chi connectivity index (χ4v) is 4.83. The maximum atomic E-state index is 6.09. The minimum Gasteiger partial charge on any atom is -0.456 e. The molecule has 0 aliphatic heterocycles. The number of hydrogen-bond donors (Lipinski definition) is 0. The van der Waals surface area contributed by atoms with E-state index in [4.69, 9.17) is 14.4 Å². The highest BCUT2D eigenvalue weighted by Crippen LogP contribution is 2.34. The summed E-state index contributed by atoms with van der Waals surface area (Å²) < 4.78 is 6.09. The van der Waals surface area contributed by atoms with Gasteiger partial charge in [-0.2, -0.15) is 0 Å². The van der Waals surface area contributed by atoms with Crippen LogP contribution in [0.5, 0.6) is 0 Å². The summed E-state index contributed by atoms with van der Waals surface area (Å²) in [6, 6.07) is 33.3. The fraction of sp³-hybridized carbons (Fsp3) is 0.0333. The topological polar surface area (TPSA) is 51.8 Å². The van der Waals surface area contributed by atoms with Crippen LogP contribution in [-0.2, 0) is 0 Å². The Labute approximate surface area is 195 Å². The average molecular weight is 438 g/mol. The third kappa shape index (κ3) is 2.89. The monoisotopic (exact) mass is 437 g/mol. The van der Waals surface area contributed by atoms with E-state index in [-0.39, 0.29) is 0 Å². The van der Waals surface area contributed by atoms with Gasteiger partial charge in [0.15, 0.2) is 11.6 Å². The Morgan fingerprint density at radius 2 is 1.26 bits per heavy atom. The van der Waals surface area contributed by atoms with Gasteiger partial charge in [0, 0.05) is 21.9 Å². The molecule has 2 aromatic heterocycles. The molecule has 0 saturated heterocycles. The Kier molecular flexibility index (Phi) is 4.02. The number of aryl methyl sites for hydroxylation is 1. The van der Waals surface area contributed by atoms with Crippen molar-refractivity contribution < 1.29 is 4.42 Å². The smallest absolute Gasteiger partial charge is 0.164 e. The maximum Gasteiger partial charge on any atom is 0.164 e. The predicted molar refractivity (Wildman–Crippen MR) is 138 cm³/mol. The number of hydrogen-bond acceptors (Lipinski definition) is 4. The average Bonchev–Trinajstić information content (AvgIpc) is 3.26. The third-order valence-corrected chi connectivity index (χ3v) is 6.41. The molecule has 160 valence electrons. The molecule has 0 atom stereocenters. The van der Waals surface area contributed by atoms with Crippen molar-refractivity contribution >= 4 is 43.5 Å². The van der Waals surface area contributed by atoms with Crippen molar-refractivity contribution in [1.29, 1.82) is 0 Å². The molecule has 5 aromatic carbocycles. The SMILES string of the molecule is Cc1nc(-c2ccc3c(c2)oc2ccccc23)nc(-c2cccc3c2ccc2ccccc23)n1. The molecule has 0 fully saturated rings. The van der Waals surface area contributed by atoms with Crippen LogP contribution in [0.15, 0.2) is 101 Å². The number of furan rings is 1. The number of benzene rings is 5. The van der Waals surface area contributed by atoms with Crippen LogP contribution in [0.2, 0.25) is 0 Å². The first kappa shape index (κ1) is 18.9. The van der Waals surface area contributed by atoms with Gasteiger partial charge >= 0.3 is 0 Å². The van der Waals surface area contributed by atoms with Crippen LogP contribution >= 0.6 is 0 Å². The maximum absolute atomic E-state index is 6.09. The van der Waals surface area contributed by atoms with Gasteiger partial charge in [0.1, 0.15) is 17.0 Å². The summed E-state index contributed by atoms with van der Waals surface area (Å²) in [5, 5.41) is 6.97. The molecule has 7 rings (SSSR count). The summed E-state index contributed by atoms with van der Waals surface area (Å²) in [5.41, 5.74) is 3.61. The Bertz CT molecular complexity index is 1880. The van der Waals surface area contributed by atoms with Crippen LogP contribution in [0.25, 0.3) is 66.3 Å². The van der Waals surface area contributed by atoms with Gasteiger partial charge in [-0.15, -0.1) is 0 Å². The minimum atomic E-state index is 0.641. The minimum absolute atomic E-state index is 0.641. The Balaban J connectivity index is 1.42.